The molecule has 0 saturated carbocycles. The number of carbonyl (C=O) groups is 1. The number of rotatable bonds is 3. The van der Waals surface area contributed by atoms with Gasteiger partial charge in [0.25, 0.3) is 5.91 Å². The number of nitrogens with zero attached hydrogens (tertiary/aromatic N) is 1. The molecule has 0 radical (unpaired) electrons. The van der Waals surface area contributed by atoms with E-state index < -0.39 is 10.0 Å². The van der Waals surface area contributed by atoms with Crippen molar-refractivity contribution in [3.63, 3.8) is 0 Å². The van der Waals surface area contributed by atoms with E-state index in [1.807, 2.05) is 17.9 Å². The second-order valence-electron chi connectivity index (χ2n) is 6.51. The second kappa shape index (κ2) is 6.13. The summed E-state index contributed by atoms with van der Waals surface area (Å²) in [6.07, 6.45) is 4.08. The van der Waals surface area contributed by atoms with Gasteiger partial charge >= 0.3 is 0 Å². The number of nitrogens with one attached hydrogen (secondary N) is 2. The van der Waals surface area contributed by atoms with Crippen molar-refractivity contribution >= 4 is 21.6 Å². The Morgan fingerprint density at radius 3 is 2.74 bits per heavy atom. The van der Waals surface area contributed by atoms with Gasteiger partial charge in [0.1, 0.15) is 0 Å². The smallest absolute Gasteiger partial charge is 0.256 e. The van der Waals surface area contributed by atoms with Gasteiger partial charge in [0.05, 0.1) is 17.5 Å². The Bertz CT molecular complexity index is 703. The van der Waals surface area contributed by atoms with E-state index in [-0.39, 0.29) is 18.0 Å². The van der Waals surface area contributed by atoms with Gasteiger partial charge in [-0.25, -0.2) is 8.42 Å². The van der Waals surface area contributed by atoms with Gasteiger partial charge in [0, 0.05) is 18.6 Å². The summed E-state index contributed by atoms with van der Waals surface area (Å²) in [6, 6.07) is 5.69. The Kier molecular flexibility index (Phi) is 4.33. The zero-order valence-electron chi connectivity index (χ0n) is 13.5. The fourth-order valence-corrected chi connectivity index (χ4v) is 4.15. The molecule has 0 spiro atoms. The zero-order valence-corrected chi connectivity index (χ0v) is 14.3. The molecule has 1 aromatic carbocycles. The third-order valence-corrected chi connectivity index (χ3v) is 5.18. The molecule has 1 amide bonds. The molecule has 6 nitrogen and oxygen atoms in total. The maximum atomic E-state index is 13.1. The molecule has 2 fully saturated rings. The first-order valence-corrected chi connectivity index (χ1v) is 9.86. The number of fused-ring (bicyclic) bond motifs is 2. The molecule has 2 saturated heterocycles. The van der Waals surface area contributed by atoms with E-state index in [4.69, 9.17) is 0 Å². The van der Waals surface area contributed by atoms with Crippen LogP contribution in [0.25, 0.3) is 0 Å². The molecule has 7 heteroatoms. The van der Waals surface area contributed by atoms with Gasteiger partial charge in [0.15, 0.2) is 0 Å². The van der Waals surface area contributed by atoms with Crippen molar-refractivity contribution in [2.45, 2.75) is 38.3 Å². The molecule has 2 atom stereocenters. The van der Waals surface area contributed by atoms with Crippen LogP contribution in [0.1, 0.15) is 35.2 Å². The molecule has 23 heavy (non-hydrogen) atoms. The van der Waals surface area contributed by atoms with Crippen LogP contribution in [0.4, 0.5) is 5.69 Å². The van der Waals surface area contributed by atoms with Crippen LogP contribution in [-0.4, -0.2) is 50.7 Å². The van der Waals surface area contributed by atoms with Crippen LogP contribution in [0.2, 0.25) is 0 Å². The lowest BCUT2D eigenvalue weighted by Gasteiger charge is -2.29. The van der Waals surface area contributed by atoms with Crippen molar-refractivity contribution in [1.29, 1.82) is 0 Å². The van der Waals surface area contributed by atoms with Gasteiger partial charge in [-0.2, -0.15) is 0 Å². The fourth-order valence-electron chi connectivity index (χ4n) is 3.58. The minimum Gasteiger partial charge on any atom is -0.331 e. The van der Waals surface area contributed by atoms with Crippen molar-refractivity contribution < 1.29 is 13.2 Å². The minimum absolute atomic E-state index is 0.0731. The molecule has 2 N–H and O–H groups in total. The van der Waals surface area contributed by atoms with Crippen molar-refractivity contribution in [1.82, 2.24) is 10.2 Å². The maximum Gasteiger partial charge on any atom is 0.256 e. The molecule has 3 rings (SSSR count). The highest BCUT2D eigenvalue weighted by atomic mass is 32.2. The molecule has 126 valence electrons. The number of hydrogen-bond donors (Lipinski definition) is 2. The van der Waals surface area contributed by atoms with E-state index in [2.05, 4.69) is 10.0 Å². The van der Waals surface area contributed by atoms with Gasteiger partial charge in [-0.3, -0.25) is 9.52 Å². The van der Waals surface area contributed by atoms with Gasteiger partial charge in [0.2, 0.25) is 10.0 Å². The summed E-state index contributed by atoms with van der Waals surface area (Å²) in [5.41, 5.74) is 1.74. The normalized spacial score (nSPS) is 24.3. The third kappa shape index (κ3) is 3.50. The van der Waals surface area contributed by atoms with Crippen molar-refractivity contribution in [3.8, 4) is 0 Å². The molecule has 1 aromatic rings. The Morgan fingerprint density at radius 1 is 1.26 bits per heavy atom. The number of hydrogen-bond acceptors (Lipinski definition) is 4. The predicted octanol–water partition coefficient (Wildman–Crippen LogP) is 1.33. The Labute approximate surface area is 137 Å². The maximum absolute atomic E-state index is 13.1. The highest BCUT2D eigenvalue weighted by Gasteiger charge is 2.39. The zero-order chi connectivity index (χ0) is 16.6. The van der Waals surface area contributed by atoms with E-state index >= 15 is 0 Å². The first-order valence-electron chi connectivity index (χ1n) is 7.97. The van der Waals surface area contributed by atoms with E-state index in [1.165, 1.54) is 0 Å². The van der Waals surface area contributed by atoms with Gasteiger partial charge in [-0.1, -0.05) is 11.6 Å². The molecule has 2 aliphatic heterocycles. The number of carbonyl (C=O) groups excluding carboxylic acids is 1. The van der Waals surface area contributed by atoms with Gasteiger partial charge < -0.3 is 10.2 Å². The van der Waals surface area contributed by atoms with Crippen molar-refractivity contribution in [2.24, 2.45) is 0 Å². The Morgan fingerprint density at radius 2 is 2.00 bits per heavy atom. The molecular formula is C16H23N3O3S. The molecule has 2 bridgehead atoms. The summed E-state index contributed by atoms with van der Waals surface area (Å²) >= 11 is 0. The number of sulfonamides is 1. The van der Waals surface area contributed by atoms with E-state index in [0.29, 0.717) is 11.3 Å². The monoisotopic (exact) mass is 337 g/mol. The molecule has 2 heterocycles. The van der Waals surface area contributed by atoms with E-state index in [0.717, 1.165) is 44.2 Å². The van der Waals surface area contributed by atoms with Crippen LogP contribution < -0.4 is 10.0 Å². The highest BCUT2D eigenvalue weighted by Crippen LogP contribution is 2.31. The Balaban J connectivity index is 1.97. The first-order chi connectivity index (χ1) is 10.8. The molecule has 2 unspecified atom stereocenters. The SMILES string of the molecule is Cc1ccc(NS(C)(=O)=O)c(C(=O)N2C3CCNCC2CC3)c1. The van der Waals surface area contributed by atoms with Crippen molar-refractivity contribution in [3.05, 3.63) is 29.3 Å². The lowest BCUT2D eigenvalue weighted by atomic mass is 10.1. The van der Waals surface area contributed by atoms with Crippen LogP contribution in [0.15, 0.2) is 18.2 Å². The third-order valence-electron chi connectivity index (χ3n) is 4.59. The summed E-state index contributed by atoms with van der Waals surface area (Å²) in [5, 5.41) is 3.37. The second-order valence-corrected chi connectivity index (χ2v) is 8.26. The highest BCUT2D eigenvalue weighted by molar-refractivity contribution is 7.92. The van der Waals surface area contributed by atoms with E-state index in [1.54, 1.807) is 12.1 Å². The molecular weight excluding hydrogens is 314 g/mol. The average Bonchev–Trinajstić information content (AvgIpc) is 2.72. The average molecular weight is 337 g/mol. The minimum atomic E-state index is -3.43. The quantitative estimate of drug-likeness (QED) is 0.872. The molecule has 0 aromatic heterocycles. The molecule has 0 aliphatic carbocycles. The number of anilines is 1. The summed E-state index contributed by atoms with van der Waals surface area (Å²) in [5.74, 6) is -0.0731. The van der Waals surface area contributed by atoms with Crippen LogP contribution >= 0.6 is 0 Å². The standard InChI is InChI=1S/C16H23N3O3S/c1-11-3-6-15(18-23(2,21)22)14(9-11)16(20)19-12-4-5-13(19)10-17-8-7-12/h3,6,9,12-13,17-18H,4-5,7-8,10H2,1-2H3. The van der Waals surface area contributed by atoms with Crippen molar-refractivity contribution in [2.75, 3.05) is 24.1 Å². The fraction of sp³-hybridized carbons (Fsp3) is 0.562. The lowest BCUT2D eigenvalue weighted by molar-refractivity contribution is 0.0681. The van der Waals surface area contributed by atoms with Crippen LogP contribution in [0.3, 0.4) is 0 Å². The largest absolute Gasteiger partial charge is 0.331 e. The van der Waals surface area contributed by atoms with Gasteiger partial charge in [-0.05, 0) is 44.9 Å². The lowest BCUT2D eigenvalue weighted by Crippen LogP contribution is -2.42. The number of aryl methyl sites for hydroxylation is 1. The van der Waals surface area contributed by atoms with Crippen LogP contribution in [0, 0.1) is 6.92 Å². The van der Waals surface area contributed by atoms with Gasteiger partial charge in [-0.15, -0.1) is 0 Å². The Hall–Kier alpha value is -1.60. The predicted molar refractivity (Wildman–Crippen MR) is 90.1 cm³/mol. The molecule has 2 aliphatic rings. The summed E-state index contributed by atoms with van der Waals surface area (Å²) in [6.45, 7) is 3.63. The first kappa shape index (κ1) is 16.3. The number of amides is 1. The summed E-state index contributed by atoms with van der Waals surface area (Å²) < 4.78 is 25.6. The summed E-state index contributed by atoms with van der Waals surface area (Å²) in [4.78, 5) is 15.1. The topological polar surface area (TPSA) is 78.5 Å². The van der Waals surface area contributed by atoms with Crippen LogP contribution in [0.5, 0.6) is 0 Å². The van der Waals surface area contributed by atoms with Crippen LogP contribution in [-0.2, 0) is 10.0 Å². The summed E-state index contributed by atoms with van der Waals surface area (Å²) in [7, 11) is -3.43. The van der Waals surface area contributed by atoms with E-state index in [9.17, 15) is 13.2 Å². The number of benzene rings is 1.